The van der Waals surface area contributed by atoms with Gasteiger partial charge in [0.1, 0.15) is 0 Å². The highest BCUT2D eigenvalue weighted by Gasteiger charge is 2.36. The fourth-order valence-electron chi connectivity index (χ4n) is 4.02. The normalized spacial score (nSPS) is 15.6. The summed E-state index contributed by atoms with van der Waals surface area (Å²) in [5.74, 6) is -0.205. The SMILES string of the molecule is Cc1ccc(S(=O)(=O)N2c3ccc(C(=O)Nc4cccc(C)c4C)cc3C[C@@H]2C)cc1. The molecule has 0 saturated carbocycles. The first kappa shape index (κ1) is 21.1. The van der Waals surface area contributed by atoms with Gasteiger partial charge in [0.2, 0.25) is 0 Å². The summed E-state index contributed by atoms with van der Waals surface area (Å²) >= 11 is 0. The zero-order valence-electron chi connectivity index (χ0n) is 18.1. The molecule has 160 valence electrons. The minimum atomic E-state index is -3.68. The average Bonchev–Trinajstić information content (AvgIpc) is 3.07. The summed E-state index contributed by atoms with van der Waals surface area (Å²) in [6, 6.07) is 17.7. The van der Waals surface area contributed by atoms with Crippen molar-refractivity contribution in [2.75, 3.05) is 9.62 Å². The van der Waals surface area contributed by atoms with Gasteiger partial charge in [-0.05, 0) is 87.2 Å². The second-order valence-electron chi connectivity index (χ2n) is 8.21. The van der Waals surface area contributed by atoms with E-state index in [1.54, 1.807) is 42.5 Å². The van der Waals surface area contributed by atoms with Gasteiger partial charge in [0, 0.05) is 17.3 Å². The molecular formula is C25H26N2O3S. The van der Waals surface area contributed by atoms with Crippen molar-refractivity contribution in [3.8, 4) is 0 Å². The van der Waals surface area contributed by atoms with Gasteiger partial charge in [-0.1, -0.05) is 29.8 Å². The summed E-state index contributed by atoms with van der Waals surface area (Å²) < 4.78 is 28.1. The smallest absolute Gasteiger partial charge is 0.264 e. The second kappa shape index (κ2) is 7.85. The van der Waals surface area contributed by atoms with Crippen molar-refractivity contribution in [1.29, 1.82) is 0 Å². The third-order valence-electron chi connectivity index (χ3n) is 5.93. The number of aryl methyl sites for hydroxylation is 2. The minimum Gasteiger partial charge on any atom is -0.322 e. The van der Waals surface area contributed by atoms with E-state index in [1.165, 1.54) is 4.31 Å². The van der Waals surface area contributed by atoms with Crippen LogP contribution in [0, 0.1) is 20.8 Å². The molecule has 0 aliphatic carbocycles. The summed E-state index contributed by atoms with van der Waals surface area (Å²) in [5.41, 5.74) is 5.93. The minimum absolute atomic E-state index is 0.205. The van der Waals surface area contributed by atoms with E-state index < -0.39 is 10.0 Å². The van der Waals surface area contributed by atoms with Gasteiger partial charge in [-0.15, -0.1) is 0 Å². The number of amides is 1. The Morgan fingerprint density at radius 3 is 2.42 bits per heavy atom. The average molecular weight is 435 g/mol. The van der Waals surface area contributed by atoms with Crippen LogP contribution in [0.4, 0.5) is 11.4 Å². The Labute approximate surface area is 183 Å². The molecule has 1 aliphatic heterocycles. The first-order valence-corrected chi connectivity index (χ1v) is 11.7. The lowest BCUT2D eigenvalue weighted by Gasteiger charge is -2.24. The molecule has 0 unspecified atom stereocenters. The molecule has 0 fully saturated rings. The molecule has 0 spiro atoms. The quantitative estimate of drug-likeness (QED) is 0.628. The summed E-state index contributed by atoms with van der Waals surface area (Å²) in [7, 11) is -3.68. The number of sulfonamides is 1. The van der Waals surface area contributed by atoms with Crippen molar-refractivity contribution in [3.05, 3.63) is 88.5 Å². The number of fused-ring (bicyclic) bond motifs is 1. The zero-order valence-corrected chi connectivity index (χ0v) is 19.0. The van der Waals surface area contributed by atoms with Crippen molar-refractivity contribution >= 4 is 27.3 Å². The van der Waals surface area contributed by atoms with Crippen molar-refractivity contribution in [2.45, 2.75) is 45.1 Å². The monoisotopic (exact) mass is 434 g/mol. The molecule has 1 aliphatic rings. The van der Waals surface area contributed by atoms with Gasteiger partial charge >= 0.3 is 0 Å². The van der Waals surface area contributed by atoms with Crippen LogP contribution in [-0.4, -0.2) is 20.4 Å². The van der Waals surface area contributed by atoms with Crippen molar-refractivity contribution < 1.29 is 13.2 Å². The van der Waals surface area contributed by atoms with E-state index in [4.69, 9.17) is 0 Å². The molecule has 0 aromatic heterocycles. The van der Waals surface area contributed by atoms with Gasteiger partial charge in [0.25, 0.3) is 15.9 Å². The van der Waals surface area contributed by atoms with Crippen molar-refractivity contribution in [1.82, 2.24) is 0 Å². The predicted molar refractivity (Wildman–Crippen MR) is 124 cm³/mol. The summed E-state index contributed by atoms with van der Waals surface area (Å²) in [6.45, 7) is 7.80. The number of nitrogens with one attached hydrogen (secondary N) is 1. The molecule has 1 heterocycles. The van der Waals surface area contributed by atoms with E-state index >= 15 is 0 Å². The van der Waals surface area contributed by atoms with E-state index in [0.717, 1.165) is 27.9 Å². The predicted octanol–water partition coefficient (Wildman–Crippen LogP) is 5.00. The standard InChI is InChI=1S/C25H26N2O3S/c1-16-8-11-22(12-9-16)31(29,30)27-18(3)14-21-15-20(10-13-24(21)27)25(28)26-23-7-5-6-17(2)19(23)4/h5-13,15,18H,14H2,1-4H3,(H,26,28)/t18-/m0/s1. The van der Waals surface area contributed by atoms with Gasteiger partial charge in [0.05, 0.1) is 10.6 Å². The molecule has 0 saturated heterocycles. The molecule has 1 atom stereocenters. The van der Waals surface area contributed by atoms with E-state index in [9.17, 15) is 13.2 Å². The molecule has 4 rings (SSSR count). The first-order valence-electron chi connectivity index (χ1n) is 10.3. The van der Waals surface area contributed by atoms with Crippen LogP contribution in [0.3, 0.4) is 0 Å². The van der Waals surface area contributed by atoms with Crippen molar-refractivity contribution in [3.63, 3.8) is 0 Å². The number of anilines is 2. The van der Waals surface area contributed by atoms with E-state index in [-0.39, 0.29) is 16.8 Å². The van der Waals surface area contributed by atoms with Crippen LogP contribution in [0.5, 0.6) is 0 Å². The van der Waals surface area contributed by atoms with Crippen LogP contribution in [-0.2, 0) is 16.4 Å². The van der Waals surface area contributed by atoms with E-state index in [1.807, 2.05) is 45.9 Å². The van der Waals surface area contributed by atoms with Crippen LogP contribution >= 0.6 is 0 Å². The fourth-order valence-corrected chi connectivity index (χ4v) is 5.71. The molecular weight excluding hydrogens is 408 g/mol. The number of carbonyl (C=O) groups is 1. The maximum atomic E-state index is 13.3. The summed E-state index contributed by atoms with van der Waals surface area (Å²) in [6.07, 6.45) is 0.561. The maximum Gasteiger partial charge on any atom is 0.264 e. The molecule has 31 heavy (non-hydrogen) atoms. The second-order valence-corrected chi connectivity index (χ2v) is 10.0. The number of nitrogens with zero attached hydrogens (tertiary/aromatic N) is 1. The highest BCUT2D eigenvalue weighted by Crippen LogP contribution is 2.37. The summed E-state index contributed by atoms with van der Waals surface area (Å²) in [5, 5.41) is 2.97. The van der Waals surface area contributed by atoms with Gasteiger partial charge < -0.3 is 5.32 Å². The number of hydrogen-bond acceptors (Lipinski definition) is 3. The van der Waals surface area contributed by atoms with Gasteiger partial charge in [-0.2, -0.15) is 0 Å². The Kier molecular flexibility index (Phi) is 5.35. The fraction of sp³-hybridized carbons (Fsp3) is 0.240. The molecule has 1 N–H and O–H groups in total. The number of benzene rings is 3. The van der Waals surface area contributed by atoms with Gasteiger partial charge in [-0.25, -0.2) is 8.42 Å². The maximum absolute atomic E-state index is 13.3. The molecule has 6 heteroatoms. The largest absolute Gasteiger partial charge is 0.322 e. The van der Waals surface area contributed by atoms with Gasteiger partial charge in [0.15, 0.2) is 0 Å². The molecule has 3 aromatic rings. The van der Waals surface area contributed by atoms with Crippen LogP contribution in [0.1, 0.15) is 39.5 Å². The zero-order chi connectivity index (χ0) is 22.3. The lowest BCUT2D eigenvalue weighted by atomic mass is 10.1. The Morgan fingerprint density at radius 1 is 1.00 bits per heavy atom. The Bertz CT molecular complexity index is 1260. The number of rotatable bonds is 4. The van der Waals surface area contributed by atoms with Crippen LogP contribution < -0.4 is 9.62 Å². The van der Waals surface area contributed by atoms with E-state index in [0.29, 0.717) is 17.7 Å². The van der Waals surface area contributed by atoms with Gasteiger partial charge in [-0.3, -0.25) is 9.10 Å². The summed E-state index contributed by atoms with van der Waals surface area (Å²) in [4.78, 5) is 13.1. The van der Waals surface area contributed by atoms with Crippen LogP contribution in [0.25, 0.3) is 0 Å². The highest BCUT2D eigenvalue weighted by atomic mass is 32.2. The van der Waals surface area contributed by atoms with Crippen LogP contribution in [0.2, 0.25) is 0 Å². The third kappa shape index (κ3) is 3.83. The number of carbonyl (C=O) groups excluding carboxylic acids is 1. The molecule has 0 radical (unpaired) electrons. The molecule has 3 aromatic carbocycles. The topological polar surface area (TPSA) is 66.5 Å². The lowest BCUT2D eigenvalue weighted by Crippen LogP contribution is -2.35. The highest BCUT2D eigenvalue weighted by molar-refractivity contribution is 7.92. The Hall–Kier alpha value is -3.12. The van der Waals surface area contributed by atoms with Crippen LogP contribution in [0.15, 0.2) is 65.6 Å². The van der Waals surface area contributed by atoms with Crippen molar-refractivity contribution in [2.24, 2.45) is 0 Å². The Morgan fingerprint density at radius 2 is 1.71 bits per heavy atom. The Balaban J connectivity index is 1.64. The van der Waals surface area contributed by atoms with E-state index in [2.05, 4.69) is 5.32 Å². The number of hydrogen-bond donors (Lipinski definition) is 1. The molecule has 1 amide bonds. The molecule has 0 bridgehead atoms. The first-order chi connectivity index (χ1) is 14.7. The lowest BCUT2D eigenvalue weighted by molar-refractivity contribution is 0.102. The molecule has 5 nitrogen and oxygen atoms in total. The third-order valence-corrected chi connectivity index (χ3v) is 7.87.